The van der Waals surface area contributed by atoms with Crippen LogP contribution < -0.4 is 4.90 Å². The van der Waals surface area contributed by atoms with E-state index in [1.165, 1.54) is 42.4 Å². The van der Waals surface area contributed by atoms with Crippen LogP contribution in [0.1, 0.15) is 5.56 Å². The summed E-state index contributed by atoms with van der Waals surface area (Å²) in [7, 11) is 0. The SMILES string of the molecule is Cc1c(N(c2ccc(-c3ccccc3)cc2)c2ccc(-c3cccc4c3sc3ccccc34)cc2)ccc2c1oc1ccccc12. The number of hydrogen-bond donors (Lipinski definition) is 0. The van der Waals surface area contributed by atoms with Crippen molar-refractivity contribution in [3.8, 4) is 22.3 Å². The first-order chi connectivity index (χ1) is 22.7. The molecule has 0 amide bonds. The molecule has 0 N–H and O–H groups in total. The molecule has 0 aliphatic rings. The number of fused-ring (bicyclic) bond motifs is 6. The summed E-state index contributed by atoms with van der Waals surface area (Å²) in [4.78, 5) is 2.35. The molecular weight excluding hydrogens is 579 g/mol. The van der Waals surface area contributed by atoms with E-state index in [-0.39, 0.29) is 0 Å². The Morgan fingerprint density at radius 2 is 1.11 bits per heavy atom. The Balaban J connectivity index is 1.18. The van der Waals surface area contributed by atoms with E-state index in [0.717, 1.165) is 44.6 Å². The summed E-state index contributed by atoms with van der Waals surface area (Å²) in [6.07, 6.45) is 0. The summed E-state index contributed by atoms with van der Waals surface area (Å²) >= 11 is 1.87. The van der Waals surface area contributed by atoms with Gasteiger partial charge in [0.1, 0.15) is 11.2 Å². The molecule has 46 heavy (non-hydrogen) atoms. The van der Waals surface area contributed by atoms with Crippen LogP contribution in [0.4, 0.5) is 17.1 Å². The summed E-state index contributed by atoms with van der Waals surface area (Å²) in [6.45, 7) is 2.17. The number of thiophene rings is 1. The number of anilines is 3. The molecule has 0 saturated heterocycles. The lowest BCUT2D eigenvalue weighted by molar-refractivity contribution is 0.666. The highest BCUT2D eigenvalue weighted by atomic mass is 32.1. The zero-order chi connectivity index (χ0) is 30.6. The van der Waals surface area contributed by atoms with Gasteiger partial charge in [0.05, 0.1) is 5.69 Å². The van der Waals surface area contributed by atoms with Gasteiger partial charge in [-0.2, -0.15) is 0 Å². The monoisotopic (exact) mass is 607 g/mol. The predicted molar refractivity (Wildman–Crippen MR) is 197 cm³/mol. The first-order valence-corrected chi connectivity index (χ1v) is 16.4. The fourth-order valence-electron chi connectivity index (χ4n) is 6.78. The zero-order valence-electron chi connectivity index (χ0n) is 25.3. The summed E-state index contributed by atoms with van der Waals surface area (Å²) < 4.78 is 9.09. The number of para-hydroxylation sites is 1. The van der Waals surface area contributed by atoms with Gasteiger partial charge in [-0.1, -0.05) is 109 Å². The van der Waals surface area contributed by atoms with E-state index in [1.54, 1.807) is 0 Å². The van der Waals surface area contributed by atoms with Crippen LogP contribution in [0.2, 0.25) is 0 Å². The molecule has 2 nitrogen and oxygen atoms in total. The molecule has 0 saturated carbocycles. The molecule has 0 radical (unpaired) electrons. The highest BCUT2D eigenvalue weighted by Gasteiger charge is 2.20. The maximum atomic E-state index is 6.44. The third-order valence-corrected chi connectivity index (χ3v) is 10.3. The van der Waals surface area contributed by atoms with Crippen LogP contribution in [-0.4, -0.2) is 0 Å². The molecule has 7 aromatic carbocycles. The first kappa shape index (κ1) is 26.7. The van der Waals surface area contributed by atoms with Gasteiger partial charge in [-0.25, -0.2) is 0 Å². The Hall–Kier alpha value is -5.64. The van der Waals surface area contributed by atoms with Crippen LogP contribution in [0.15, 0.2) is 162 Å². The third kappa shape index (κ3) is 4.32. The Labute approximate surface area is 271 Å². The van der Waals surface area contributed by atoms with Crippen LogP contribution in [0.5, 0.6) is 0 Å². The molecule has 2 aromatic heterocycles. The minimum absolute atomic E-state index is 0.913. The van der Waals surface area contributed by atoms with Crippen molar-refractivity contribution in [2.75, 3.05) is 4.90 Å². The lowest BCUT2D eigenvalue weighted by Gasteiger charge is -2.27. The number of nitrogens with zero attached hydrogens (tertiary/aromatic N) is 1. The van der Waals surface area contributed by atoms with Crippen molar-refractivity contribution in [2.45, 2.75) is 6.92 Å². The summed E-state index contributed by atoms with van der Waals surface area (Å²) in [6, 6.07) is 56.5. The predicted octanol–water partition coefficient (Wildman–Crippen LogP) is 13.1. The van der Waals surface area contributed by atoms with E-state index in [9.17, 15) is 0 Å². The van der Waals surface area contributed by atoms with Gasteiger partial charge in [0.15, 0.2) is 0 Å². The molecule has 0 spiro atoms. The van der Waals surface area contributed by atoms with Crippen LogP contribution in [0.3, 0.4) is 0 Å². The van der Waals surface area contributed by atoms with Gasteiger partial charge in [-0.05, 0) is 77.7 Å². The van der Waals surface area contributed by atoms with Crippen molar-refractivity contribution in [3.05, 3.63) is 163 Å². The molecule has 2 heterocycles. The largest absolute Gasteiger partial charge is 0.456 e. The lowest BCUT2D eigenvalue weighted by Crippen LogP contribution is -2.11. The molecule has 0 aliphatic heterocycles. The third-order valence-electron chi connectivity index (χ3n) is 9.08. The van der Waals surface area contributed by atoms with Crippen molar-refractivity contribution < 1.29 is 4.42 Å². The maximum Gasteiger partial charge on any atom is 0.140 e. The van der Waals surface area contributed by atoms with Crippen LogP contribution in [-0.2, 0) is 0 Å². The Morgan fingerprint density at radius 3 is 1.89 bits per heavy atom. The highest BCUT2D eigenvalue weighted by Crippen LogP contribution is 2.44. The Morgan fingerprint density at radius 1 is 0.478 bits per heavy atom. The second-order valence-electron chi connectivity index (χ2n) is 11.8. The van der Waals surface area contributed by atoms with E-state index in [0.29, 0.717) is 0 Å². The van der Waals surface area contributed by atoms with Gasteiger partial charge in [-0.15, -0.1) is 11.3 Å². The molecule has 3 heteroatoms. The van der Waals surface area contributed by atoms with Gasteiger partial charge in [-0.3, -0.25) is 0 Å². The van der Waals surface area contributed by atoms with Crippen LogP contribution >= 0.6 is 11.3 Å². The molecule has 0 unspecified atom stereocenters. The van der Waals surface area contributed by atoms with Gasteiger partial charge in [0, 0.05) is 47.9 Å². The molecule has 218 valence electrons. The van der Waals surface area contributed by atoms with E-state index >= 15 is 0 Å². The second kappa shape index (κ2) is 10.8. The van der Waals surface area contributed by atoms with Crippen molar-refractivity contribution in [1.29, 1.82) is 0 Å². The minimum atomic E-state index is 0.913. The van der Waals surface area contributed by atoms with E-state index in [2.05, 4.69) is 157 Å². The smallest absolute Gasteiger partial charge is 0.140 e. The van der Waals surface area contributed by atoms with Crippen molar-refractivity contribution >= 4 is 70.5 Å². The second-order valence-corrected chi connectivity index (χ2v) is 12.8. The van der Waals surface area contributed by atoms with Crippen molar-refractivity contribution in [3.63, 3.8) is 0 Å². The maximum absolute atomic E-state index is 6.44. The molecule has 0 atom stereocenters. The van der Waals surface area contributed by atoms with Crippen molar-refractivity contribution in [2.24, 2.45) is 0 Å². The summed E-state index contributed by atoms with van der Waals surface area (Å²) in [5.41, 5.74) is 11.1. The van der Waals surface area contributed by atoms with E-state index in [1.807, 2.05) is 23.5 Å². The number of furan rings is 1. The van der Waals surface area contributed by atoms with Crippen molar-refractivity contribution in [1.82, 2.24) is 0 Å². The standard InChI is InChI=1S/C43H29NOS/c1-28-39(27-26-37-35-12-5-7-16-40(35)45-42(28)37)44(32-22-18-30(19-23-32)29-10-3-2-4-11-29)33-24-20-31(21-25-33)34-14-9-15-38-36-13-6-8-17-41(36)46-43(34)38/h2-27H,1H3. The molecule has 9 aromatic rings. The number of aryl methyl sites for hydroxylation is 1. The molecule has 0 bridgehead atoms. The topological polar surface area (TPSA) is 16.4 Å². The average molecular weight is 608 g/mol. The molecule has 0 aliphatic carbocycles. The fraction of sp³-hybridized carbons (Fsp3) is 0.0233. The first-order valence-electron chi connectivity index (χ1n) is 15.6. The number of benzene rings is 7. The fourth-order valence-corrected chi connectivity index (χ4v) is 8.02. The number of hydrogen-bond acceptors (Lipinski definition) is 3. The van der Waals surface area contributed by atoms with E-state index in [4.69, 9.17) is 4.42 Å². The van der Waals surface area contributed by atoms with Gasteiger partial charge in [0.2, 0.25) is 0 Å². The Bertz CT molecular complexity index is 2520. The quantitative estimate of drug-likeness (QED) is 0.193. The Kier molecular flexibility index (Phi) is 6.25. The number of rotatable bonds is 5. The molecule has 0 fully saturated rings. The van der Waals surface area contributed by atoms with Gasteiger partial charge >= 0.3 is 0 Å². The average Bonchev–Trinajstić information content (AvgIpc) is 3.70. The van der Waals surface area contributed by atoms with Crippen LogP contribution in [0, 0.1) is 6.92 Å². The summed E-state index contributed by atoms with van der Waals surface area (Å²) in [5.74, 6) is 0. The lowest BCUT2D eigenvalue weighted by atomic mass is 10.0. The summed E-state index contributed by atoms with van der Waals surface area (Å²) in [5, 5.41) is 4.92. The molecule has 9 rings (SSSR count). The van der Waals surface area contributed by atoms with Gasteiger partial charge in [0.25, 0.3) is 0 Å². The zero-order valence-corrected chi connectivity index (χ0v) is 26.1. The highest BCUT2D eigenvalue weighted by molar-refractivity contribution is 7.26. The van der Waals surface area contributed by atoms with Gasteiger partial charge < -0.3 is 9.32 Å². The van der Waals surface area contributed by atoms with Crippen LogP contribution in [0.25, 0.3) is 64.4 Å². The van der Waals surface area contributed by atoms with E-state index < -0.39 is 0 Å². The molecular formula is C43H29NOS. The minimum Gasteiger partial charge on any atom is -0.456 e. The normalized spacial score (nSPS) is 11.6.